The SMILES string of the molecule is COCC(C)CNc1cc(C)c(O)cc1C. The van der Waals surface area contributed by atoms with E-state index in [1.54, 1.807) is 13.2 Å². The number of ether oxygens (including phenoxy) is 1. The maximum absolute atomic E-state index is 9.54. The zero-order valence-electron chi connectivity index (χ0n) is 10.5. The number of hydrogen-bond donors (Lipinski definition) is 2. The number of aromatic hydroxyl groups is 1. The molecule has 0 bridgehead atoms. The molecule has 90 valence electrons. The van der Waals surface area contributed by atoms with Gasteiger partial charge in [-0.1, -0.05) is 6.92 Å². The van der Waals surface area contributed by atoms with Crippen molar-refractivity contribution in [3.63, 3.8) is 0 Å². The first kappa shape index (κ1) is 12.8. The van der Waals surface area contributed by atoms with Crippen LogP contribution in [-0.2, 0) is 4.74 Å². The van der Waals surface area contributed by atoms with Crippen molar-refractivity contribution in [2.24, 2.45) is 5.92 Å². The minimum absolute atomic E-state index is 0.355. The summed E-state index contributed by atoms with van der Waals surface area (Å²) in [6.07, 6.45) is 0. The van der Waals surface area contributed by atoms with Crippen molar-refractivity contribution in [2.45, 2.75) is 20.8 Å². The average Bonchev–Trinajstić information content (AvgIpc) is 2.22. The molecule has 1 aromatic rings. The van der Waals surface area contributed by atoms with Crippen molar-refractivity contribution in [3.8, 4) is 5.75 Å². The molecule has 0 aliphatic rings. The van der Waals surface area contributed by atoms with E-state index in [0.29, 0.717) is 11.7 Å². The van der Waals surface area contributed by atoms with Gasteiger partial charge in [0.1, 0.15) is 5.75 Å². The molecule has 0 fully saturated rings. The lowest BCUT2D eigenvalue weighted by atomic mass is 10.1. The molecular formula is C13H21NO2. The lowest BCUT2D eigenvalue weighted by Gasteiger charge is -2.15. The first-order valence-electron chi connectivity index (χ1n) is 5.57. The Bertz CT molecular complexity index is 350. The van der Waals surface area contributed by atoms with Crippen LogP contribution >= 0.6 is 0 Å². The maximum atomic E-state index is 9.54. The molecule has 16 heavy (non-hydrogen) atoms. The van der Waals surface area contributed by atoms with Crippen LogP contribution in [0.3, 0.4) is 0 Å². The van der Waals surface area contributed by atoms with Crippen molar-refractivity contribution in [2.75, 3.05) is 25.6 Å². The highest BCUT2D eigenvalue weighted by Gasteiger charge is 2.05. The van der Waals surface area contributed by atoms with Gasteiger partial charge in [-0.25, -0.2) is 0 Å². The van der Waals surface area contributed by atoms with Crippen molar-refractivity contribution in [1.29, 1.82) is 0 Å². The smallest absolute Gasteiger partial charge is 0.118 e. The van der Waals surface area contributed by atoms with Crippen molar-refractivity contribution >= 4 is 5.69 Å². The fraction of sp³-hybridized carbons (Fsp3) is 0.538. The van der Waals surface area contributed by atoms with E-state index in [9.17, 15) is 5.11 Å². The molecular weight excluding hydrogens is 202 g/mol. The van der Waals surface area contributed by atoms with Gasteiger partial charge in [0, 0.05) is 19.3 Å². The van der Waals surface area contributed by atoms with E-state index < -0.39 is 0 Å². The molecule has 3 nitrogen and oxygen atoms in total. The Labute approximate surface area is 97.4 Å². The summed E-state index contributed by atoms with van der Waals surface area (Å²) in [5.74, 6) is 0.825. The molecule has 0 radical (unpaired) electrons. The lowest BCUT2D eigenvalue weighted by Crippen LogP contribution is -2.16. The van der Waals surface area contributed by atoms with Crippen LogP contribution in [0.4, 0.5) is 5.69 Å². The third-order valence-electron chi connectivity index (χ3n) is 2.64. The van der Waals surface area contributed by atoms with Crippen molar-refractivity contribution in [3.05, 3.63) is 23.3 Å². The highest BCUT2D eigenvalue weighted by molar-refractivity contribution is 5.56. The number of aryl methyl sites for hydroxylation is 2. The van der Waals surface area contributed by atoms with Crippen LogP contribution in [-0.4, -0.2) is 25.4 Å². The second-order valence-electron chi connectivity index (χ2n) is 4.40. The predicted octanol–water partition coefficient (Wildman–Crippen LogP) is 2.70. The summed E-state index contributed by atoms with van der Waals surface area (Å²) in [6.45, 7) is 7.65. The molecule has 0 amide bonds. The minimum atomic E-state index is 0.355. The van der Waals surface area contributed by atoms with E-state index in [0.717, 1.165) is 30.0 Å². The predicted molar refractivity (Wildman–Crippen MR) is 67.1 cm³/mol. The summed E-state index contributed by atoms with van der Waals surface area (Å²) in [7, 11) is 1.71. The van der Waals surface area contributed by atoms with Crippen LogP contribution in [0.15, 0.2) is 12.1 Å². The summed E-state index contributed by atoms with van der Waals surface area (Å²) in [5, 5.41) is 12.9. The molecule has 0 aliphatic carbocycles. The summed E-state index contributed by atoms with van der Waals surface area (Å²) in [4.78, 5) is 0. The van der Waals surface area contributed by atoms with Crippen molar-refractivity contribution < 1.29 is 9.84 Å². The van der Waals surface area contributed by atoms with Gasteiger partial charge in [-0.3, -0.25) is 0 Å². The van der Waals surface area contributed by atoms with E-state index in [4.69, 9.17) is 4.74 Å². The first-order chi connectivity index (χ1) is 7.54. The number of anilines is 1. The van der Waals surface area contributed by atoms with Gasteiger partial charge in [0.15, 0.2) is 0 Å². The highest BCUT2D eigenvalue weighted by Crippen LogP contribution is 2.24. The maximum Gasteiger partial charge on any atom is 0.118 e. The number of phenolic OH excluding ortho intramolecular Hbond substituents is 1. The fourth-order valence-corrected chi connectivity index (χ4v) is 1.62. The molecule has 0 saturated heterocycles. The fourth-order valence-electron chi connectivity index (χ4n) is 1.62. The van der Waals surface area contributed by atoms with Gasteiger partial charge in [-0.2, -0.15) is 0 Å². The van der Waals surface area contributed by atoms with E-state index in [1.807, 2.05) is 19.9 Å². The Hall–Kier alpha value is -1.22. The average molecular weight is 223 g/mol. The van der Waals surface area contributed by atoms with Gasteiger partial charge >= 0.3 is 0 Å². The van der Waals surface area contributed by atoms with Gasteiger partial charge in [0.05, 0.1) is 6.61 Å². The quantitative estimate of drug-likeness (QED) is 0.754. The van der Waals surface area contributed by atoms with Gasteiger partial charge in [0.2, 0.25) is 0 Å². The van der Waals surface area contributed by atoms with E-state index in [1.165, 1.54) is 0 Å². The molecule has 1 aromatic carbocycles. The topological polar surface area (TPSA) is 41.5 Å². The lowest BCUT2D eigenvalue weighted by molar-refractivity contribution is 0.164. The number of methoxy groups -OCH3 is 1. The normalized spacial score (nSPS) is 12.5. The van der Waals surface area contributed by atoms with Crippen LogP contribution < -0.4 is 5.32 Å². The number of benzene rings is 1. The molecule has 0 aromatic heterocycles. The zero-order chi connectivity index (χ0) is 12.1. The number of rotatable bonds is 5. The molecule has 0 aliphatic heterocycles. The summed E-state index contributed by atoms with van der Waals surface area (Å²) in [5.41, 5.74) is 3.04. The third-order valence-corrected chi connectivity index (χ3v) is 2.64. The standard InChI is InChI=1S/C13H21NO2/c1-9(8-16-4)7-14-12-5-11(3)13(15)6-10(12)2/h5-6,9,14-15H,7-8H2,1-4H3. The van der Waals surface area contributed by atoms with Crippen molar-refractivity contribution in [1.82, 2.24) is 0 Å². The highest BCUT2D eigenvalue weighted by atomic mass is 16.5. The third kappa shape index (κ3) is 3.42. The Morgan fingerprint density at radius 2 is 2.00 bits per heavy atom. The summed E-state index contributed by atoms with van der Waals surface area (Å²) >= 11 is 0. The minimum Gasteiger partial charge on any atom is -0.508 e. The molecule has 0 heterocycles. The molecule has 1 rings (SSSR count). The van der Waals surface area contributed by atoms with Crippen LogP contribution in [0.1, 0.15) is 18.1 Å². The molecule has 0 spiro atoms. The van der Waals surface area contributed by atoms with Crippen LogP contribution in [0, 0.1) is 19.8 Å². The van der Waals surface area contributed by atoms with Gasteiger partial charge in [0.25, 0.3) is 0 Å². The van der Waals surface area contributed by atoms with Gasteiger partial charge < -0.3 is 15.2 Å². The number of nitrogens with one attached hydrogen (secondary N) is 1. The summed E-state index contributed by atoms with van der Waals surface area (Å²) in [6, 6.07) is 3.77. The van der Waals surface area contributed by atoms with Crippen LogP contribution in [0.25, 0.3) is 0 Å². The zero-order valence-corrected chi connectivity index (χ0v) is 10.5. The van der Waals surface area contributed by atoms with Gasteiger partial charge in [-0.05, 0) is 43.0 Å². The molecule has 3 heteroatoms. The number of phenols is 1. The molecule has 2 N–H and O–H groups in total. The Morgan fingerprint density at radius 3 is 2.62 bits per heavy atom. The molecule has 0 saturated carbocycles. The van der Waals surface area contributed by atoms with E-state index in [-0.39, 0.29) is 0 Å². The first-order valence-corrected chi connectivity index (χ1v) is 5.57. The second kappa shape index (κ2) is 5.75. The van der Waals surface area contributed by atoms with Gasteiger partial charge in [-0.15, -0.1) is 0 Å². The Morgan fingerprint density at radius 1 is 1.31 bits per heavy atom. The van der Waals surface area contributed by atoms with Crippen LogP contribution in [0.2, 0.25) is 0 Å². The monoisotopic (exact) mass is 223 g/mol. The molecule has 1 atom stereocenters. The number of hydrogen-bond acceptors (Lipinski definition) is 3. The van der Waals surface area contributed by atoms with E-state index in [2.05, 4.69) is 12.2 Å². The van der Waals surface area contributed by atoms with Crippen LogP contribution in [0.5, 0.6) is 5.75 Å². The largest absolute Gasteiger partial charge is 0.508 e. The Kier molecular flexibility index (Phi) is 4.62. The Balaban J connectivity index is 2.63. The second-order valence-corrected chi connectivity index (χ2v) is 4.40. The summed E-state index contributed by atoms with van der Waals surface area (Å²) < 4.78 is 5.09. The molecule has 1 unspecified atom stereocenters. The van der Waals surface area contributed by atoms with E-state index >= 15 is 0 Å².